The Morgan fingerprint density at radius 1 is 0.490 bits per heavy atom. The van der Waals surface area contributed by atoms with Crippen LogP contribution in [0.5, 0.6) is 0 Å². The molecule has 0 saturated heterocycles. The van der Waals surface area contributed by atoms with Crippen molar-refractivity contribution in [3.05, 3.63) is 24.3 Å². The average molecular weight is 721 g/mol. The molecule has 7 heteroatoms. The number of aliphatic hydroxyl groups excluding tert-OH is 1. The highest BCUT2D eigenvalue weighted by molar-refractivity contribution is 5.72. The molecule has 0 spiro atoms. The monoisotopic (exact) mass is 721 g/mol. The van der Waals surface area contributed by atoms with Crippen LogP contribution >= 0.6 is 0 Å². The Balaban J connectivity index is 4.07. The minimum Gasteiger partial charge on any atom is -0.465 e. The zero-order valence-electron chi connectivity index (χ0n) is 33.5. The van der Waals surface area contributed by atoms with Gasteiger partial charge in [0.15, 0.2) is 0 Å². The molecule has 0 aliphatic heterocycles. The van der Waals surface area contributed by atoms with Gasteiger partial charge in [-0.3, -0.25) is 14.4 Å². The van der Waals surface area contributed by atoms with Crippen LogP contribution in [0.1, 0.15) is 207 Å². The van der Waals surface area contributed by atoms with E-state index in [1.54, 1.807) is 0 Å². The van der Waals surface area contributed by atoms with Crippen LogP contribution in [-0.2, 0) is 28.6 Å². The van der Waals surface area contributed by atoms with Crippen LogP contribution in [0.15, 0.2) is 24.3 Å². The summed E-state index contributed by atoms with van der Waals surface area (Å²) in [4.78, 5) is 37.1. The lowest BCUT2D eigenvalue weighted by atomic mass is 10.0. The number of ether oxygens (including phenoxy) is 3. The van der Waals surface area contributed by atoms with Crippen LogP contribution < -0.4 is 0 Å². The van der Waals surface area contributed by atoms with Gasteiger partial charge in [0.05, 0.1) is 25.7 Å². The van der Waals surface area contributed by atoms with Crippen LogP contribution in [0.3, 0.4) is 0 Å². The van der Waals surface area contributed by atoms with E-state index in [4.69, 9.17) is 14.2 Å². The van der Waals surface area contributed by atoms with E-state index in [9.17, 15) is 19.5 Å². The summed E-state index contributed by atoms with van der Waals surface area (Å²) in [6, 6.07) is 0. The SMILES string of the molecule is CCCCC/C=C\C/C=C\CCCCCCCC(=O)OCC(CO)COC(=O)CCCC(=O)OC(CCCCCCCC)CCCCCCCC. The molecule has 0 aliphatic rings. The van der Waals surface area contributed by atoms with Crippen molar-refractivity contribution >= 4 is 17.9 Å². The van der Waals surface area contributed by atoms with Gasteiger partial charge in [-0.05, 0) is 70.6 Å². The zero-order valence-corrected chi connectivity index (χ0v) is 33.5. The molecule has 0 radical (unpaired) electrons. The van der Waals surface area contributed by atoms with Gasteiger partial charge in [-0.15, -0.1) is 0 Å². The summed E-state index contributed by atoms with van der Waals surface area (Å²) >= 11 is 0. The van der Waals surface area contributed by atoms with Gasteiger partial charge in [0.1, 0.15) is 6.10 Å². The molecule has 7 nitrogen and oxygen atoms in total. The Morgan fingerprint density at radius 2 is 0.902 bits per heavy atom. The van der Waals surface area contributed by atoms with E-state index >= 15 is 0 Å². The molecule has 1 unspecified atom stereocenters. The predicted molar refractivity (Wildman–Crippen MR) is 212 cm³/mol. The largest absolute Gasteiger partial charge is 0.465 e. The van der Waals surface area contributed by atoms with Crippen molar-refractivity contribution in [2.24, 2.45) is 5.92 Å². The fraction of sp³-hybridized carbons (Fsp3) is 0.841. The number of hydrogen-bond acceptors (Lipinski definition) is 7. The highest BCUT2D eigenvalue weighted by Gasteiger charge is 2.17. The van der Waals surface area contributed by atoms with E-state index in [0.29, 0.717) is 12.8 Å². The van der Waals surface area contributed by atoms with Crippen LogP contribution in [0.25, 0.3) is 0 Å². The zero-order chi connectivity index (χ0) is 37.5. The smallest absolute Gasteiger partial charge is 0.306 e. The van der Waals surface area contributed by atoms with Gasteiger partial charge in [0.2, 0.25) is 0 Å². The Bertz CT molecular complexity index is 836. The highest BCUT2D eigenvalue weighted by atomic mass is 16.6. The lowest BCUT2D eigenvalue weighted by Crippen LogP contribution is -2.24. The fourth-order valence-electron chi connectivity index (χ4n) is 5.99. The van der Waals surface area contributed by atoms with E-state index in [1.807, 2.05) is 0 Å². The Hall–Kier alpha value is -2.15. The summed E-state index contributed by atoms with van der Waals surface area (Å²) < 4.78 is 16.5. The summed E-state index contributed by atoms with van der Waals surface area (Å²) in [7, 11) is 0. The summed E-state index contributed by atoms with van der Waals surface area (Å²) in [5.41, 5.74) is 0. The number of rotatable bonds is 38. The van der Waals surface area contributed by atoms with E-state index in [1.165, 1.54) is 96.3 Å². The van der Waals surface area contributed by atoms with Crippen molar-refractivity contribution in [3.8, 4) is 0 Å². The van der Waals surface area contributed by atoms with E-state index in [0.717, 1.165) is 64.2 Å². The number of carbonyl (C=O) groups is 3. The molecule has 0 aliphatic carbocycles. The summed E-state index contributed by atoms with van der Waals surface area (Å²) in [5, 5.41) is 9.68. The third-order valence-corrected chi connectivity index (χ3v) is 9.37. The Kier molecular flexibility index (Phi) is 37.4. The van der Waals surface area contributed by atoms with Crippen LogP contribution in [0.2, 0.25) is 0 Å². The maximum Gasteiger partial charge on any atom is 0.306 e. The Morgan fingerprint density at radius 3 is 1.43 bits per heavy atom. The van der Waals surface area contributed by atoms with Crippen LogP contribution in [-0.4, -0.2) is 48.9 Å². The fourth-order valence-corrected chi connectivity index (χ4v) is 5.99. The van der Waals surface area contributed by atoms with Gasteiger partial charge in [-0.2, -0.15) is 0 Å². The summed E-state index contributed by atoms with van der Waals surface area (Å²) in [6.07, 6.45) is 38.9. The van der Waals surface area contributed by atoms with Gasteiger partial charge in [-0.1, -0.05) is 141 Å². The van der Waals surface area contributed by atoms with Crippen LogP contribution in [0, 0.1) is 5.92 Å². The second-order valence-corrected chi connectivity index (χ2v) is 14.5. The molecule has 298 valence electrons. The van der Waals surface area contributed by atoms with Crippen molar-refractivity contribution < 1.29 is 33.7 Å². The van der Waals surface area contributed by atoms with Crippen molar-refractivity contribution in [1.82, 2.24) is 0 Å². The first-order valence-electron chi connectivity index (χ1n) is 21.4. The molecule has 0 fully saturated rings. The average Bonchev–Trinajstić information content (AvgIpc) is 3.12. The van der Waals surface area contributed by atoms with Crippen molar-refractivity contribution in [2.75, 3.05) is 19.8 Å². The van der Waals surface area contributed by atoms with Gasteiger partial charge in [0, 0.05) is 19.3 Å². The van der Waals surface area contributed by atoms with Gasteiger partial charge in [0.25, 0.3) is 0 Å². The molecule has 0 rings (SSSR count). The molecule has 0 aromatic carbocycles. The van der Waals surface area contributed by atoms with Gasteiger partial charge in [-0.25, -0.2) is 0 Å². The number of allylic oxidation sites excluding steroid dienone is 4. The molecule has 1 atom stereocenters. The van der Waals surface area contributed by atoms with Crippen LogP contribution in [0.4, 0.5) is 0 Å². The maximum absolute atomic E-state index is 12.6. The number of hydrogen-bond donors (Lipinski definition) is 1. The molecule has 0 aromatic rings. The van der Waals surface area contributed by atoms with E-state index < -0.39 is 11.9 Å². The molecular weight excluding hydrogens is 640 g/mol. The third kappa shape index (κ3) is 36.0. The highest BCUT2D eigenvalue weighted by Crippen LogP contribution is 2.18. The molecular formula is C44H80O7. The van der Waals surface area contributed by atoms with Gasteiger partial charge < -0.3 is 19.3 Å². The molecule has 51 heavy (non-hydrogen) atoms. The molecule has 0 heterocycles. The van der Waals surface area contributed by atoms with E-state index in [2.05, 4.69) is 45.1 Å². The first-order chi connectivity index (χ1) is 25.0. The quantitative estimate of drug-likeness (QED) is 0.0293. The number of unbranched alkanes of at least 4 members (excludes halogenated alkanes) is 18. The third-order valence-electron chi connectivity index (χ3n) is 9.37. The summed E-state index contributed by atoms with van der Waals surface area (Å²) in [5.74, 6) is -1.41. The standard InChI is InChI=1S/C44H80O7/c1-4-7-10-13-16-17-18-19-20-21-22-23-24-27-30-34-42(46)49-38-40(37-45)39-50-43(47)35-31-36-44(48)51-41(32-28-25-14-11-8-5-2)33-29-26-15-12-9-6-3/h16-17,19-20,40-41,45H,4-15,18,21-39H2,1-3H3/b17-16-,20-19-. The second kappa shape index (κ2) is 39.1. The van der Waals surface area contributed by atoms with Gasteiger partial charge >= 0.3 is 17.9 Å². The van der Waals surface area contributed by atoms with E-state index in [-0.39, 0.29) is 50.7 Å². The lowest BCUT2D eigenvalue weighted by Gasteiger charge is -2.18. The van der Waals surface area contributed by atoms with Crippen molar-refractivity contribution in [3.63, 3.8) is 0 Å². The Labute approximate surface area is 314 Å². The van der Waals surface area contributed by atoms with Crippen molar-refractivity contribution in [1.29, 1.82) is 0 Å². The maximum atomic E-state index is 12.6. The predicted octanol–water partition coefficient (Wildman–Crippen LogP) is 12.1. The topological polar surface area (TPSA) is 99.1 Å². The number of aliphatic hydroxyl groups is 1. The molecule has 1 N–H and O–H groups in total. The molecule has 0 amide bonds. The molecule has 0 saturated carbocycles. The number of carbonyl (C=O) groups excluding carboxylic acids is 3. The first kappa shape index (κ1) is 48.9. The first-order valence-corrected chi connectivity index (χ1v) is 21.4. The molecule has 0 aromatic heterocycles. The lowest BCUT2D eigenvalue weighted by molar-refractivity contribution is -0.150. The second-order valence-electron chi connectivity index (χ2n) is 14.5. The number of esters is 3. The van der Waals surface area contributed by atoms with Crippen molar-refractivity contribution in [2.45, 2.75) is 213 Å². The minimum atomic E-state index is -0.461. The summed E-state index contributed by atoms with van der Waals surface area (Å²) in [6.45, 7) is 6.44. The molecule has 0 bridgehead atoms. The minimum absolute atomic E-state index is 0.0185. The normalized spacial score (nSPS) is 12.3.